The predicted molar refractivity (Wildman–Crippen MR) is 118 cm³/mol. The van der Waals surface area contributed by atoms with Crippen LogP contribution in [0.3, 0.4) is 0 Å². The van der Waals surface area contributed by atoms with Gasteiger partial charge >= 0.3 is 0 Å². The Hall–Kier alpha value is -2.43. The fourth-order valence-corrected chi connectivity index (χ4v) is 5.39. The fourth-order valence-electron chi connectivity index (χ4n) is 3.12. The van der Waals surface area contributed by atoms with Gasteiger partial charge in [-0.05, 0) is 31.3 Å². The maximum absolute atomic E-state index is 14.1. The smallest absolute Gasteiger partial charge is 0.244 e. The lowest BCUT2D eigenvalue weighted by molar-refractivity contribution is -0.116. The summed E-state index contributed by atoms with van der Waals surface area (Å²) < 4.78 is 53.4. The van der Waals surface area contributed by atoms with Gasteiger partial charge in [0.15, 0.2) is 20.8 Å². The maximum atomic E-state index is 14.1. The summed E-state index contributed by atoms with van der Waals surface area (Å²) in [5, 5.41) is 0.139. The van der Waals surface area contributed by atoms with E-state index in [1.165, 1.54) is 17.0 Å². The molecule has 0 fully saturated rings. The summed E-state index contributed by atoms with van der Waals surface area (Å²) in [7, 11) is -3.87. The summed E-state index contributed by atoms with van der Waals surface area (Å²) in [5.41, 5.74) is -0.0482. The van der Waals surface area contributed by atoms with Crippen LogP contribution in [-0.4, -0.2) is 56.1 Å². The van der Waals surface area contributed by atoms with E-state index in [9.17, 15) is 22.0 Å². The summed E-state index contributed by atoms with van der Waals surface area (Å²) in [6.07, 6.45) is 0. The molecule has 0 spiro atoms. The first-order valence-electron chi connectivity index (χ1n) is 9.81. The van der Waals surface area contributed by atoms with Crippen molar-refractivity contribution >= 4 is 42.4 Å². The monoisotopic (exact) mass is 467 g/mol. The molecule has 0 saturated carbocycles. The molecule has 0 aliphatic carbocycles. The Morgan fingerprint density at radius 2 is 1.74 bits per heavy atom. The molecule has 3 aromatic rings. The Kier molecular flexibility index (Phi) is 7.34. The van der Waals surface area contributed by atoms with Crippen LogP contribution in [0.2, 0.25) is 0 Å². The molecule has 1 aromatic heterocycles. The third kappa shape index (κ3) is 5.44. The Morgan fingerprint density at radius 3 is 2.39 bits per heavy atom. The van der Waals surface area contributed by atoms with Gasteiger partial charge in [-0.25, -0.2) is 22.2 Å². The molecule has 0 aliphatic rings. The highest BCUT2D eigenvalue weighted by atomic mass is 32.2. The number of fused-ring (bicyclic) bond motifs is 1. The molecule has 31 heavy (non-hydrogen) atoms. The second-order valence-corrected chi connectivity index (χ2v) is 9.87. The molecule has 0 atom stereocenters. The lowest BCUT2D eigenvalue weighted by atomic mass is 10.3. The molecule has 1 heterocycles. The summed E-state index contributed by atoms with van der Waals surface area (Å²) in [5.74, 6) is -2.99. The first-order valence-corrected chi connectivity index (χ1v) is 12.3. The lowest BCUT2D eigenvalue weighted by Crippen LogP contribution is -2.41. The molecule has 0 radical (unpaired) electrons. The van der Waals surface area contributed by atoms with Crippen LogP contribution in [0.25, 0.3) is 10.2 Å². The van der Waals surface area contributed by atoms with Gasteiger partial charge in [-0.2, -0.15) is 0 Å². The van der Waals surface area contributed by atoms with Crippen molar-refractivity contribution in [2.45, 2.75) is 18.7 Å². The molecule has 2 aromatic carbocycles. The third-order valence-electron chi connectivity index (χ3n) is 4.88. The van der Waals surface area contributed by atoms with Gasteiger partial charge in [-0.1, -0.05) is 43.4 Å². The van der Waals surface area contributed by atoms with Crippen molar-refractivity contribution in [1.29, 1.82) is 0 Å². The number of amides is 1. The van der Waals surface area contributed by atoms with Crippen LogP contribution < -0.4 is 4.90 Å². The average Bonchev–Trinajstić information content (AvgIpc) is 3.15. The number of thiazole rings is 1. The van der Waals surface area contributed by atoms with Gasteiger partial charge < -0.3 is 4.90 Å². The van der Waals surface area contributed by atoms with E-state index in [-0.39, 0.29) is 26.8 Å². The number of likely N-dealkylation sites (N-methyl/N-ethyl adjacent to an activating group) is 1. The van der Waals surface area contributed by atoms with Crippen LogP contribution >= 0.6 is 11.3 Å². The zero-order valence-electron chi connectivity index (χ0n) is 17.2. The van der Waals surface area contributed by atoms with Gasteiger partial charge in [0.05, 0.1) is 9.60 Å². The summed E-state index contributed by atoms with van der Waals surface area (Å²) in [6, 6.07) is 9.59. The van der Waals surface area contributed by atoms with E-state index in [2.05, 4.69) is 9.88 Å². The summed E-state index contributed by atoms with van der Waals surface area (Å²) >= 11 is 0.951. The Balaban J connectivity index is 1.94. The highest BCUT2D eigenvalue weighted by Gasteiger charge is 2.27. The van der Waals surface area contributed by atoms with Crippen LogP contribution in [0.4, 0.5) is 13.9 Å². The van der Waals surface area contributed by atoms with Gasteiger partial charge in [0, 0.05) is 19.2 Å². The number of halogens is 2. The number of sulfone groups is 1. The standard InChI is InChI=1S/C21H23F2N3O3S2/c1-3-25(4-2)10-11-26(19(27)14-31(28,29)16-8-6-5-7-9-16)21-24-20-17(23)12-15(22)13-18(20)30-21/h5-9,12-13H,3-4,10-11,14H2,1-2H3. The van der Waals surface area contributed by atoms with Gasteiger partial charge in [0.1, 0.15) is 17.1 Å². The Morgan fingerprint density at radius 1 is 1.06 bits per heavy atom. The second-order valence-electron chi connectivity index (χ2n) is 6.88. The molecule has 0 aliphatic heterocycles. The molecular weight excluding hydrogens is 444 g/mol. The first-order chi connectivity index (χ1) is 14.7. The van der Waals surface area contributed by atoms with Gasteiger partial charge in [0.25, 0.3) is 0 Å². The molecule has 0 saturated heterocycles. The number of rotatable bonds is 9. The number of hydrogen-bond acceptors (Lipinski definition) is 6. The highest BCUT2D eigenvalue weighted by Crippen LogP contribution is 2.31. The van der Waals surface area contributed by atoms with Crippen molar-refractivity contribution in [2.24, 2.45) is 0 Å². The normalized spacial score (nSPS) is 11.9. The number of hydrogen-bond donors (Lipinski definition) is 0. The van der Waals surface area contributed by atoms with Gasteiger partial charge in [-0.3, -0.25) is 9.69 Å². The van der Waals surface area contributed by atoms with E-state index in [0.29, 0.717) is 6.54 Å². The molecule has 0 bridgehead atoms. The van der Waals surface area contributed by atoms with Crippen molar-refractivity contribution in [3.8, 4) is 0 Å². The molecule has 3 rings (SSSR count). The number of nitrogens with zero attached hydrogens (tertiary/aromatic N) is 3. The number of carbonyl (C=O) groups is 1. The Bertz CT molecular complexity index is 1160. The van der Waals surface area contributed by atoms with Crippen LogP contribution in [-0.2, 0) is 14.6 Å². The number of aromatic nitrogens is 1. The molecule has 0 unspecified atom stereocenters. The molecule has 0 N–H and O–H groups in total. The van der Waals surface area contributed by atoms with E-state index >= 15 is 0 Å². The molecular formula is C21H23F2N3O3S2. The SMILES string of the molecule is CCN(CC)CCN(C(=O)CS(=O)(=O)c1ccccc1)c1nc2c(F)cc(F)cc2s1. The molecule has 10 heteroatoms. The van der Waals surface area contributed by atoms with Crippen molar-refractivity contribution in [1.82, 2.24) is 9.88 Å². The van der Waals surface area contributed by atoms with Crippen LogP contribution in [0.15, 0.2) is 47.4 Å². The van der Waals surface area contributed by atoms with Gasteiger partial charge in [0.2, 0.25) is 5.91 Å². The molecule has 6 nitrogen and oxygen atoms in total. The summed E-state index contributed by atoms with van der Waals surface area (Å²) in [4.78, 5) is 20.6. The van der Waals surface area contributed by atoms with Crippen LogP contribution in [0, 0.1) is 11.6 Å². The van der Waals surface area contributed by atoms with Crippen molar-refractivity contribution in [2.75, 3.05) is 36.8 Å². The van der Waals surface area contributed by atoms with Crippen molar-refractivity contribution in [3.63, 3.8) is 0 Å². The Labute approximate surface area is 184 Å². The third-order valence-corrected chi connectivity index (χ3v) is 7.53. The van der Waals surface area contributed by atoms with Crippen molar-refractivity contribution in [3.05, 3.63) is 54.1 Å². The topological polar surface area (TPSA) is 70.6 Å². The van der Waals surface area contributed by atoms with Crippen molar-refractivity contribution < 1.29 is 22.0 Å². The van der Waals surface area contributed by atoms with E-state index in [4.69, 9.17) is 0 Å². The quantitative estimate of drug-likeness (QED) is 0.480. The second kappa shape index (κ2) is 9.80. The number of benzene rings is 2. The van der Waals surface area contributed by atoms with Gasteiger partial charge in [-0.15, -0.1) is 0 Å². The first kappa shape index (κ1) is 23.2. The highest BCUT2D eigenvalue weighted by molar-refractivity contribution is 7.92. The molecule has 1 amide bonds. The zero-order valence-corrected chi connectivity index (χ0v) is 18.8. The van der Waals surface area contributed by atoms with Crippen LogP contribution in [0.1, 0.15) is 13.8 Å². The zero-order chi connectivity index (χ0) is 22.6. The van der Waals surface area contributed by atoms with E-state index in [1.807, 2.05) is 13.8 Å². The van der Waals surface area contributed by atoms with E-state index in [0.717, 1.165) is 36.6 Å². The lowest BCUT2D eigenvalue weighted by Gasteiger charge is -2.24. The summed E-state index contributed by atoms with van der Waals surface area (Å²) in [6.45, 7) is 6.11. The molecule has 166 valence electrons. The largest absolute Gasteiger partial charge is 0.302 e. The van der Waals surface area contributed by atoms with E-state index in [1.54, 1.807) is 18.2 Å². The predicted octanol–water partition coefficient (Wildman–Crippen LogP) is 3.72. The fraction of sp³-hybridized carbons (Fsp3) is 0.333. The maximum Gasteiger partial charge on any atom is 0.244 e. The van der Waals surface area contributed by atoms with E-state index < -0.39 is 33.1 Å². The average molecular weight is 468 g/mol. The number of carbonyl (C=O) groups excluding carboxylic acids is 1. The minimum Gasteiger partial charge on any atom is -0.302 e. The minimum absolute atomic E-state index is 0.0458. The number of anilines is 1. The minimum atomic E-state index is -3.87. The van der Waals surface area contributed by atoms with Crippen LogP contribution in [0.5, 0.6) is 0 Å².